The van der Waals surface area contributed by atoms with Crippen LogP contribution >= 0.6 is 0 Å². The third-order valence-corrected chi connectivity index (χ3v) is 6.98. The van der Waals surface area contributed by atoms with Gasteiger partial charge < -0.3 is 0 Å². The monoisotopic (exact) mass is 446 g/mol. The molecular weight excluding hydrogens is 419 g/mol. The molecule has 1 aliphatic rings. The highest BCUT2D eigenvalue weighted by atomic mass is 19.4. The molecule has 0 radical (unpaired) electrons. The topological polar surface area (TPSA) is 0 Å². The fraction of sp³-hybridized carbons (Fsp3) is 0.407. The van der Waals surface area contributed by atoms with Crippen molar-refractivity contribution in [3.05, 3.63) is 82.4 Å². The molecule has 1 aliphatic carbocycles. The van der Waals surface area contributed by atoms with Crippen molar-refractivity contribution in [1.29, 1.82) is 0 Å². The molecule has 0 amide bonds. The zero-order valence-electron chi connectivity index (χ0n) is 18.1. The highest BCUT2D eigenvalue weighted by Crippen LogP contribution is 2.38. The average molecular weight is 447 g/mol. The molecule has 0 aliphatic heterocycles. The third kappa shape index (κ3) is 4.82. The van der Waals surface area contributed by atoms with Crippen molar-refractivity contribution in [2.75, 3.05) is 0 Å². The summed E-state index contributed by atoms with van der Waals surface area (Å²) >= 11 is 0. The summed E-state index contributed by atoms with van der Waals surface area (Å²) in [5.74, 6) is -0.255. The Labute approximate surface area is 185 Å². The summed E-state index contributed by atoms with van der Waals surface area (Å²) < 4.78 is 67.1. The summed E-state index contributed by atoms with van der Waals surface area (Å²) in [7, 11) is 0. The quantitative estimate of drug-likeness (QED) is 0.344. The van der Waals surface area contributed by atoms with Crippen LogP contribution in [0.2, 0.25) is 0 Å². The van der Waals surface area contributed by atoms with Gasteiger partial charge in [-0.25, -0.2) is 8.78 Å². The van der Waals surface area contributed by atoms with Crippen LogP contribution < -0.4 is 0 Å². The van der Waals surface area contributed by atoms with Crippen LogP contribution in [0.4, 0.5) is 22.0 Å². The molecule has 4 rings (SSSR count). The van der Waals surface area contributed by atoms with Crippen LogP contribution in [0, 0.1) is 17.6 Å². The number of aryl methyl sites for hydroxylation is 2. The van der Waals surface area contributed by atoms with E-state index in [1.54, 1.807) is 6.07 Å². The molecule has 0 saturated heterocycles. The first-order valence-corrected chi connectivity index (χ1v) is 11.3. The molecule has 3 aromatic rings. The van der Waals surface area contributed by atoms with Gasteiger partial charge in [-0.1, -0.05) is 49.7 Å². The molecule has 0 unspecified atom stereocenters. The van der Waals surface area contributed by atoms with Crippen molar-refractivity contribution in [3.63, 3.8) is 0 Å². The van der Waals surface area contributed by atoms with Crippen LogP contribution in [0.1, 0.15) is 67.2 Å². The Balaban J connectivity index is 1.49. The predicted molar refractivity (Wildman–Crippen MR) is 118 cm³/mol. The Morgan fingerprint density at radius 3 is 2.25 bits per heavy atom. The minimum atomic E-state index is -4.72. The van der Waals surface area contributed by atoms with Crippen molar-refractivity contribution in [2.45, 2.75) is 64.0 Å². The summed E-state index contributed by atoms with van der Waals surface area (Å²) in [6.07, 6.45) is 1.90. The molecule has 0 aromatic heterocycles. The van der Waals surface area contributed by atoms with Crippen molar-refractivity contribution in [3.8, 4) is 0 Å². The van der Waals surface area contributed by atoms with Crippen molar-refractivity contribution in [1.82, 2.24) is 0 Å². The van der Waals surface area contributed by atoms with Gasteiger partial charge in [0, 0.05) is 5.39 Å². The predicted octanol–water partition coefficient (Wildman–Crippen LogP) is 8.61. The molecule has 0 heterocycles. The van der Waals surface area contributed by atoms with E-state index in [0.717, 1.165) is 23.4 Å². The fourth-order valence-corrected chi connectivity index (χ4v) is 4.93. The number of hydrogen-bond donors (Lipinski definition) is 0. The van der Waals surface area contributed by atoms with Crippen molar-refractivity contribution >= 4 is 10.8 Å². The van der Waals surface area contributed by atoms with E-state index < -0.39 is 17.6 Å². The molecule has 0 atom stereocenters. The Kier molecular flexibility index (Phi) is 6.55. The molecule has 170 valence electrons. The minimum absolute atomic E-state index is 0.260. The number of hydrogen-bond acceptors (Lipinski definition) is 0. The third-order valence-electron chi connectivity index (χ3n) is 6.98. The highest BCUT2D eigenvalue weighted by molar-refractivity contribution is 5.84. The normalized spacial score (nSPS) is 19.4. The standard InChI is InChI=1S/C27H27F5/c1-2-17-3-7-19(8-4-17)21-12-13-23-22(16-21)11-10-20(26(23)29)9-5-18-6-14-24(25(28)15-18)27(30,31)32/h6,10-17,19H,2-5,7-9H2,1H3. The summed E-state index contributed by atoms with van der Waals surface area (Å²) in [4.78, 5) is 0. The summed E-state index contributed by atoms with van der Waals surface area (Å²) in [5, 5.41) is 1.41. The number of benzene rings is 3. The Morgan fingerprint density at radius 1 is 0.844 bits per heavy atom. The lowest BCUT2D eigenvalue weighted by atomic mass is 9.77. The van der Waals surface area contributed by atoms with E-state index in [1.165, 1.54) is 43.7 Å². The van der Waals surface area contributed by atoms with Gasteiger partial charge in [-0.3, -0.25) is 0 Å². The minimum Gasteiger partial charge on any atom is -0.206 e. The van der Waals surface area contributed by atoms with Crippen LogP contribution in [-0.4, -0.2) is 0 Å². The van der Waals surface area contributed by atoms with E-state index >= 15 is 4.39 Å². The van der Waals surface area contributed by atoms with Crippen LogP contribution in [0.15, 0.2) is 48.5 Å². The maximum atomic E-state index is 15.1. The first-order valence-electron chi connectivity index (χ1n) is 11.3. The van der Waals surface area contributed by atoms with Crippen LogP contribution in [0.5, 0.6) is 0 Å². The van der Waals surface area contributed by atoms with Gasteiger partial charge in [0.2, 0.25) is 0 Å². The average Bonchev–Trinajstić information content (AvgIpc) is 2.77. The maximum Gasteiger partial charge on any atom is 0.419 e. The lowest BCUT2D eigenvalue weighted by Gasteiger charge is -2.28. The second-order valence-electron chi connectivity index (χ2n) is 8.96. The maximum absolute atomic E-state index is 15.1. The smallest absolute Gasteiger partial charge is 0.206 e. The van der Waals surface area contributed by atoms with Crippen molar-refractivity contribution < 1.29 is 22.0 Å². The van der Waals surface area contributed by atoms with Crippen molar-refractivity contribution in [2.24, 2.45) is 5.92 Å². The van der Waals surface area contributed by atoms with Crippen LogP contribution in [-0.2, 0) is 19.0 Å². The summed E-state index contributed by atoms with van der Waals surface area (Å²) in [6, 6.07) is 12.5. The number of alkyl halides is 3. The molecule has 5 heteroatoms. The van der Waals surface area contributed by atoms with Crippen LogP contribution in [0.25, 0.3) is 10.8 Å². The highest BCUT2D eigenvalue weighted by Gasteiger charge is 2.33. The molecule has 0 nitrogen and oxygen atoms in total. The SMILES string of the molecule is CCC1CCC(c2ccc3c(F)c(CCc4ccc(C(F)(F)F)c(F)c4)ccc3c2)CC1. The van der Waals surface area contributed by atoms with Gasteiger partial charge in [0.05, 0.1) is 5.56 Å². The number of rotatable bonds is 5. The first-order chi connectivity index (χ1) is 15.3. The fourth-order valence-electron chi connectivity index (χ4n) is 4.93. The van der Waals surface area contributed by atoms with Gasteiger partial charge in [-0.2, -0.15) is 13.2 Å². The van der Waals surface area contributed by atoms with E-state index in [9.17, 15) is 17.6 Å². The second-order valence-corrected chi connectivity index (χ2v) is 8.96. The van der Waals surface area contributed by atoms with Gasteiger partial charge >= 0.3 is 6.18 Å². The molecule has 3 aromatic carbocycles. The second kappa shape index (κ2) is 9.21. The van der Waals surface area contributed by atoms with Gasteiger partial charge in [0.1, 0.15) is 11.6 Å². The zero-order chi connectivity index (χ0) is 22.9. The molecule has 0 spiro atoms. The molecule has 1 fully saturated rings. The van der Waals surface area contributed by atoms with E-state index in [4.69, 9.17) is 0 Å². The Bertz CT molecular complexity index is 1090. The van der Waals surface area contributed by atoms with Gasteiger partial charge in [0.15, 0.2) is 0 Å². The summed E-state index contributed by atoms with van der Waals surface area (Å²) in [6.45, 7) is 2.25. The Hall–Kier alpha value is -2.43. The number of halogens is 5. The molecular formula is C27H27F5. The van der Waals surface area contributed by atoms with E-state index in [0.29, 0.717) is 22.4 Å². The largest absolute Gasteiger partial charge is 0.419 e. The summed E-state index contributed by atoms with van der Waals surface area (Å²) in [5.41, 5.74) is 0.874. The molecule has 1 saturated carbocycles. The lowest BCUT2D eigenvalue weighted by Crippen LogP contribution is -2.12. The molecule has 0 N–H and O–H groups in total. The zero-order valence-corrected chi connectivity index (χ0v) is 18.1. The van der Waals surface area contributed by atoms with Gasteiger partial charge in [-0.05, 0) is 84.6 Å². The van der Waals surface area contributed by atoms with Crippen LogP contribution in [0.3, 0.4) is 0 Å². The molecule has 0 bridgehead atoms. The lowest BCUT2D eigenvalue weighted by molar-refractivity contribution is -0.140. The Morgan fingerprint density at radius 2 is 1.59 bits per heavy atom. The van der Waals surface area contributed by atoms with E-state index in [-0.39, 0.29) is 18.7 Å². The van der Waals surface area contributed by atoms with E-state index in [1.807, 2.05) is 18.2 Å². The first kappa shape index (κ1) is 22.8. The number of fused-ring (bicyclic) bond motifs is 1. The van der Waals surface area contributed by atoms with E-state index in [2.05, 4.69) is 13.0 Å². The van der Waals surface area contributed by atoms with Gasteiger partial charge in [-0.15, -0.1) is 0 Å². The van der Waals surface area contributed by atoms with Gasteiger partial charge in [0.25, 0.3) is 0 Å². The molecule has 32 heavy (non-hydrogen) atoms.